The summed E-state index contributed by atoms with van der Waals surface area (Å²) in [5.41, 5.74) is 0. The summed E-state index contributed by atoms with van der Waals surface area (Å²) >= 11 is 0. The monoisotopic (exact) mass is 325 g/mol. The maximum Gasteiger partial charge on any atom is 0.0192 e. The predicted octanol–water partition coefficient (Wildman–Crippen LogP) is 3.70. The first-order chi connectivity index (χ1) is 11.0. The normalized spacial score (nSPS) is 36.4. The van der Waals surface area contributed by atoms with E-state index in [9.17, 15) is 0 Å². The van der Waals surface area contributed by atoms with Crippen LogP contribution in [0.15, 0.2) is 0 Å². The van der Waals surface area contributed by atoms with Crippen molar-refractivity contribution in [1.29, 1.82) is 0 Å². The van der Waals surface area contributed by atoms with Gasteiger partial charge in [-0.3, -0.25) is 0 Å². The molecule has 0 bridgehead atoms. The topological polar surface area (TPSA) is 18.5 Å². The SMILES string of the molecule is CC1CN(C)CCN1C.CCC1CNC(CC)C(CC)C1CC. The molecule has 2 saturated heterocycles. The lowest BCUT2D eigenvalue weighted by molar-refractivity contribution is 0.107. The van der Waals surface area contributed by atoms with Gasteiger partial charge >= 0.3 is 0 Å². The molecule has 3 heteroatoms. The number of rotatable bonds is 4. The zero-order chi connectivity index (χ0) is 17.4. The first kappa shape index (κ1) is 20.9. The molecule has 0 aliphatic carbocycles. The van der Waals surface area contributed by atoms with Gasteiger partial charge in [-0.1, -0.05) is 47.0 Å². The molecule has 2 aliphatic heterocycles. The maximum absolute atomic E-state index is 3.74. The molecular weight excluding hydrogens is 282 g/mol. The Labute approximate surface area is 146 Å². The van der Waals surface area contributed by atoms with Crippen LogP contribution in [-0.2, 0) is 0 Å². The zero-order valence-electron chi connectivity index (χ0n) is 16.9. The summed E-state index contributed by atoms with van der Waals surface area (Å²) in [6.07, 6.45) is 5.36. The number of hydrogen-bond acceptors (Lipinski definition) is 3. The van der Waals surface area contributed by atoms with Gasteiger partial charge in [-0.05, 0) is 51.7 Å². The number of likely N-dealkylation sites (N-methyl/N-ethyl adjacent to an activating group) is 2. The molecule has 138 valence electrons. The fourth-order valence-corrected chi connectivity index (χ4v) is 4.60. The third kappa shape index (κ3) is 6.03. The van der Waals surface area contributed by atoms with Gasteiger partial charge in [0.05, 0.1) is 0 Å². The van der Waals surface area contributed by atoms with Gasteiger partial charge in [0.15, 0.2) is 0 Å². The van der Waals surface area contributed by atoms with Gasteiger partial charge in [-0.2, -0.15) is 0 Å². The van der Waals surface area contributed by atoms with Crippen molar-refractivity contribution >= 4 is 0 Å². The van der Waals surface area contributed by atoms with Gasteiger partial charge in [0.1, 0.15) is 0 Å². The van der Waals surface area contributed by atoms with Crippen molar-refractivity contribution < 1.29 is 0 Å². The number of piperidine rings is 1. The Bertz CT molecular complexity index is 289. The largest absolute Gasteiger partial charge is 0.313 e. The molecule has 2 heterocycles. The van der Waals surface area contributed by atoms with E-state index in [4.69, 9.17) is 0 Å². The van der Waals surface area contributed by atoms with Gasteiger partial charge in [0, 0.05) is 31.7 Å². The third-order valence-corrected chi connectivity index (χ3v) is 6.38. The van der Waals surface area contributed by atoms with Crippen LogP contribution in [0, 0.1) is 17.8 Å². The van der Waals surface area contributed by atoms with E-state index in [0.29, 0.717) is 0 Å². The Morgan fingerprint density at radius 1 is 0.870 bits per heavy atom. The zero-order valence-corrected chi connectivity index (χ0v) is 16.9. The molecule has 0 aromatic rings. The molecule has 5 unspecified atom stereocenters. The fraction of sp³-hybridized carbons (Fsp3) is 1.00. The minimum atomic E-state index is 0.740. The van der Waals surface area contributed by atoms with Crippen molar-refractivity contribution in [2.75, 3.05) is 40.3 Å². The van der Waals surface area contributed by atoms with Crippen molar-refractivity contribution in [3.05, 3.63) is 0 Å². The third-order valence-electron chi connectivity index (χ3n) is 6.38. The lowest BCUT2D eigenvalue weighted by Crippen LogP contribution is -2.50. The van der Waals surface area contributed by atoms with Gasteiger partial charge in [-0.15, -0.1) is 0 Å². The molecule has 0 saturated carbocycles. The molecule has 0 aromatic heterocycles. The fourth-order valence-electron chi connectivity index (χ4n) is 4.60. The summed E-state index contributed by atoms with van der Waals surface area (Å²) in [5.74, 6) is 2.81. The van der Waals surface area contributed by atoms with E-state index in [-0.39, 0.29) is 0 Å². The summed E-state index contributed by atoms with van der Waals surface area (Å²) in [7, 11) is 4.38. The summed E-state index contributed by atoms with van der Waals surface area (Å²) in [6, 6.07) is 1.52. The highest BCUT2D eigenvalue weighted by Gasteiger charge is 2.35. The Morgan fingerprint density at radius 2 is 1.52 bits per heavy atom. The molecule has 2 rings (SSSR count). The standard InChI is InChI=1S/C13H27N.C7H16N2/c1-5-10-9-14-13(8-4)12(7-3)11(10)6-2;1-7-6-8(2)4-5-9(7)3/h10-14H,5-9H2,1-4H3;7H,4-6H2,1-3H3. The maximum atomic E-state index is 3.74. The van der Waals surface area contributed by atoms with Crippen LogP contribution in [0.1, 0.15) is 60.3 Å². The minimum Gasteiger partial charge on any atom is -0.313 e. The van der Waals surface area contributed by atoms with Gasteiger partial charge < -0.3 is 15.1 Å². The highest BCUT2D eigenvalue weighted by atomic mass is 15.3. The molecule has 0 amide bonds. The molecule has 0 radical (unpaired) electrons. The first-order valence-corrected chi connectivity index (χ1v) is 10.1. The van der Waals surface area contributed by atoms with Crippen LogP contribution in [0.2, 0.25) is 0 Å². The smallest absolute Gasteiger partial charge is 0.0192 e. The Morgan fingerprint density at radius 3 is 1.96 bits per heavy atom. The average Bonchev–Trinajstić information content (AvgIpc) is 2.57. The van der Waals surface area contributed by atoms with Crippen LogP contribution >= 0.6 is 0 Å². The van der Waals surface area contributed by atoms with Crippen LogP contribution in [-0.4, -0.2) is 62.2 Å². The summed E-state index contributed by atoms with van der Waals surface area (Å²) in [4.78, 5) is 4.78. The van der Waals surface area contributed by atoms with Gasteiger partial charge in [-0.25, -0.2) is 0 Å². The molecule has 2 fully saturated rings. The van der Waals surface area contributed by atoms with E-state index in [1.54, 1.807) is 0 Å². The van der Waals surface area contributed by atoms with Crippen LogP contribution in [0.5, 0.6) is 0 Å². The summed E-state index contributed by atoms with van der Waals surface area (Å²) in [5, 5.41) is 3.74. The molecule has 2 aliphatic rings. The number of piperazine rings is 1. The first-order valence-electron chi connectivity index (χ1n) is 10.1. The number of nitrogens with zero attached hydrogens (tertiary/aromatic N) is 2. The van der Waals surface area contributed by atoms with Crippen molar-refractivity contribution in [3.8, 4) is 0 Å². The number of nitrogens with one attached hydrogen (secondary N) is 1. The molecule has 3 nitrogen and oxygen atoms in total. The van der Waals surface area contributed by atoms with E-state index in [1.807, 2.05) is 0 Å². The predicted molar refractivity (Wildman–Crippen MR) is 103 cm³/mol. The molecule has 0 aromatic carbocycles. The Hall–Kier alpha value is -0.120. The highest BCUT2D eigenvalue weighted by Crippen LogP contribution is 2.35. The molecule has 23 heavy (non-hydrogen) atoms. The van der Waals surface area contributed by atoms with Crippen LogP contribution in [0.3, 0.4) is 0 Å². The lowest BCUT2D eigenvalue weighted by atomic mass is 9.70. The van der Waals surface area contributed by atoms with Gasteiger partial charge in [0.2, 0.25) is 0 Å². The molecule has 0 spiro atoms. The Balaban J connectivity index is 0.000000253. The van der Waals surface area contributed by atoms with Crippen LogP contribution in [0.4, 0.5) is 0 Å². The summed E-state index contributed by atoms with van der Waals surface area (Å²) < 4.78 is 0. The van der Waals surface area contributed by atoms with E-state index < -0.39 is 0 Å². The van der Waals surface area contributed by atoms with E-state index in [2.05, 4.69) is 63.8 Å². The second-order valence-electron chi connectivity index (χ2n) is 7.83. The second-order valence-corrected chi connectivity index (χ2v) is 7.83. The van der Waals surface area contributed by atoms with Crippen LogP contribution in [0.25, 0.3) is 0 Å². The molecule has 5 atom stereocenters. The lowest BCUT2D eigenvalue weighted by Gasteiger charge is -2.43. The van der Waals surface area contributed by atoms with Crippen molar-refractivity contribution in [2.45, 2.75) is 72.4 Å². The van der Waals surface area contributed by atoms with Gasteiger partial charge in [0.25, 0.3) is 0 Å². The highest BCUT2D eigenvalue weighted by molar-refractivity contribution is 4.89. The Kier molecular flexibility index (Phi) is 9.72. The summed E-state index contributed by atoms with van der Waals surface area (Å²) in [6.45, 7) is 16.6. The van der Waals surface area contributed by atoms with Crippen molar-refractivity contribution in [3.63, 3.8) is 0 Å². The van der Waals surface area contributed by atoms with Crippen molar-refractivity contribution in [2.24, 2.45) is 17.8 Å². The quantitative estimate of drug-likeness (QED) is 0.850. The molecular formula is C20H43N3. The number of hydrogen-bond donors (Lipinski definition) is 1. The van der Waals surface area contributed by atoms with Crippen molar-refractivity contribution in [1.82, 2.24) is 15.1 Å². The van der Waals surface area contributed by atoms with E-state index >= 15 is 0 Å². The average molecular weight is 326 g/mol. The van der Waals surface area contributed by atoms with E-state index in [1.165, 1.54) is 51.9 Å². The minimum absolute atomic E-state index is 0.740. The van der Waals surface area contributed by atoms with Crippen LogP contribution < -0.4 is 5.32 Å². The van der Waals surface area contributed by atoms with E-state index in [0.717, 1.165) is 29.8 Å². The second kappa shape index (κ2) is 10.7. The molecule has 1 N–H and O–H groups in total.